The Labute approximate surface area is 107 Å². The van der Waals surface area contributed by atoms with E-state index in [0.717, 1.165) is 35.4 Å². The zero-order valence-electron chi connectivity index (χ0n) is 10.9. The zero-order valence-corrected chi connectivity index (χ0v) is 10.9. The normalized spacial score (nSPS) is 10.6. The van der Waals surface area contributed by atoms with E-state index in [1.807, 2.05) is 29.1 Å². The maximum atomic E-state index is 5.79. The molecule has 0 amide bonds. The zero-order chi connectivity index (χ0) is 13.0. The molecular weight excluding hydrogens is 226 g/mol. The van der Waals surface area contributed by atoms with Gasteiger partial charge in [-0.25, -0.2) is 0 Å². The number of benzene rings is 1. The van der Waals surface area contributed by atoms with E-state index in [2.05, 4.69) is 18.2 Å². The van der Waals surface area contributed by atoms with Crippen molar-refractivity contribution >= 4 is 0 Å². The molecule has 0 unspecified atom stereocenters. The number of hydrogen-bond donors (Lipinski definition) is 1. The van der Waals surface area contributed by atoms with E-state index >= 15 is 0 Å². The van der Waals surface area contributed by atoms with Crippen LogP contribution in [-0.2, 0) is 13.1 Å². The SMILES string of the molecule is CCCn1cc(-c2ccc(OC)cc2CN)cn1. The number of methoxy groups -OCH3 is 1. The first kappa shape index (κ1) is 12.6. The van der Waals surface area contributed by atoms with E-state index in [-0.39, 0.29) is 0 Å². The van der Waals surface area contributed by atoms with Gasteiger partial charge in [-0.15, -0.1) is 0 Å². The lowest BCUT2D eigenvalue weighted by molar-refractivity contribution is 0.414. The van der Waals surface area contributed by atoms with Crippen LogP contribution < -0.4 is 10.5 Å². The van der Waals surface area contributed by atoms with E-state index < -0.39 is 0 Å². The van der Waals surface area contributed by atoms with Crippen molar-refractivity contribution in [1.82, 2.24) is 9.78 Å². The van der Waals surface area contributed by atoms with Gasteiger partial charge in [0.05, 0.1) is 13.3 Å². The summed E-state index contributed by atoms with van der Waals surface area (Å²) in [6, 6.07) is 5.96. The molecule has 1 heterocycles. The molecule has 0 spiro atoms. The van der Waals surface area contributed by atoms with Crippen LogP contribution in [0.25, 0.3) is 11.1 Å². The minimum Gasteiger partial charge on any atom is -0.497 e. The monoisotopic (exact) mass is 245 g/mol. The summed E-state index contributed by atoms with van der Waals surface area (Å²) in [7, 11) is 1.66. The summed E-state index contributed by atoms with van der Waals surface area (Å²) < 4.78 is 7.17. The second-order valence-corrected chi connectivity index (χ2v) is 4.22. The van der Waals surface area contributed by atoms with Crippen LogP contribution in [0.5, 0.6) is 5.75 Å². The highest BCUT2D eigenvalue weighted by Gasteiger charge is 2.07. The second-order valence-electron chi connectivity index (χ2n) is 4.22. The third kappa shape index (κ3) is 2.54. The van der Waals surface area contributed by atoms with E-state index in [1.54, 1.807) is 7.11 Å². The van der Waals surface area contributed by atoms with Gasteiger partial charge in [-0.1, -0.05) is 13.0 Å². The first-order chi connectivity index (χ1) is 8.78. The molecular formula is C14H19N3O. The van der Waals surface area contributed by atoms with Crippen LogP contribution in [0.15, 0.2) is 30.6 Å². The summed E-state index contributed by atoms with van der Waals surface area (Å²) >= 11 is 0. The lowest BCUT2D eigenvalue weighted by Gasteiger charge is -2.08. The third-order valence-corrected chi connectivity index (χ3v) is 2.93. The van der Waals surface area contributed by atoms with Crippen molar-refractivity contribution in [2.45, 2.75) is 26.4 Å². The lowest BCUT2D eigenvalue weighted by atomic mass is 10.0. The summed E-state index contributed by atoms with van der Waals surface area (Å²) in [4.78, 5) is 0. The van der Waals surface area contributed by atoms with Crippen LogP contribution in [0.1, 0.15) is 18.9 Å². The van der Waals surface area contributed by atoms with Crippen LogP contribution in [0.2, 0.25) is 0 Å². The molecule has 4 heteroatoms. The highest BCUT2D eigenvalue weighted by Crippen LogP contribution is 2.26. The largest absolute Gasteiger partial charge is 0.497 e. The van der Waals surface area contributed by atoms with Crippen molar-refractivity contribution in [2.75, 3.05) is 7.11 Å². The van der Waals surface area contributed by atoms with Gasteiger partial charge in [-0.3, -0.25) is 4.68 Å². The smallest absolute Gasteiger partial charge is 0.119 e. The van der Waals surface area contributed by atoms with Crippen LogP contribution in [0.4, 0.5) is 0 Å². The Hall–Kier alpha value is -1.81. The van der Waals surface area contributed by atoms with Gasteiger partial charge >= 0.3 is 0 Å². The van der Waals surface area contributed by atoms with Gasteiger partial charge in [-0.05, 0) is 29.7 Å². The van der Waals surface area contributed by atoms with Crippen molar-refractivity contribution in [3.63, 3.8) is 0 Å². The highest BCUT2D eigenvalue weighted by molar-refractivity contribution is 5.67. The average molecular weight is 245 g/mol. The van der Waals surface area contributed by atoms with Crippen molar-refractivity contribution in [3.8, 4) is 16.9 Å². The molecule has 0 radical (unpaired) electrons. The molecule has 1 aromatic heterocycles. The average Bonchev–Trinajstić information content (AvgIpc) is 2.87. The number of aromatic nitrogens is 2. The Morgan fingerprint density at radius 1 is 1.39 bits per heavy atom. The molecule has 0 atom stereocenters. The van der Waals surface area contributed by atoms with E-state index in [0.29, 0.717) is 6.54 Å². The molecule has 1 aromatic carbocycles. The molecule has 0 aliphatic rings. The Balaban J connectivity index is 2.36. The number of rotatable bonds is 5. The first-order valence-electron chi connectivity index (χ1n) is 6.18. The van der Waals surface area contributed by atoms with Gasteiger partial charge in [0.2, 0.25) is 0 Å². The molecule has 0 bridgehead atoms. The molecule has 0 saturated heterocycles. The van der Waals surface area contributed by atoms with Gasteiger partial charge in [0.1, 0.15) is 5.75 Å². The van der Waals surface area contributed by atoms with E-state index in [9.17, 15) is 0 Å². The first-order valence-corrected chi connectivity index (χ1v) is 6.18. The minimum absolute atomic E-state index is 0.492. The standard InChI is InChI=1S/C14H19N3O/c1-3-6-17-10-12(9-16-17)14-5-4-13(18-2)7-11(14)8-15/h4-5,7,9-10H,3,6,8,15H2,1-2H3. The predicted molar refractivity (Wildman–Crippen MR) is 72.4 cm³/mol. The number of nitrogens with two attached hydrogens (primary N) is 1. The maximum Gasteiger partial charge on any atom is 0.119 e. The molecule has 18 heavy (non-hydrogen) atoms. The molecule has 2 N–H and O–H groups in total. The fraction of sp³-hybridized carbons (Fsp3) is 0.357. The number of hydrogen-bond acceptors (Lipinski definition) is 3. The molecule has 0 aliphatic heterocycles. The Bertz CT molecular complexity index is 520. The predicted octanol–water partition coefficient (Wildman–Crippen LogP) is 2.43. The van der Waals surface area contributed by atoms with Crippen LogP contribution in [0, 0.1) is 0 Å². The second kappa shape index (κ2) is 5.69. The maximum absolute atomic E-state index is 5.79. The summed E-state index contributed by atoms with van der Waals surface area (Å²) in [5.41, 5.74) is 9.10. The van der Waals surface area contributed by atoms with E-state index in [4.69, 9.17) is 10.5 Å². The quantitative estimate of drug-likeness (QED) is 0.880. The lowest BCUT2D eigenvalue weighted by Crippen LogP contribution is -1.99. The van der Waals surface area contributed by atoms with Gasteiger partial charge < -0.3 is 10.5 Å². The molecule has 0 fully saturated rings. The number of ether oxygens (including phenoxy) is 1. The Morgan fingerprint density at radius 3 is 2.89 bits per heavy atom. The topological polar surface area (TPSA) is 53.1 Å². The molecule has 2 rings (SSSR count). The third-order valence-electron chi connectivity index (χ3n) is 2.93. The summed E-state index contributed by atoms with van der Waals surface area (Å²) in [6.45, 7) is 3.57. The fourth-order valence-electron chi connectivity index (χ4n) is 2.00. The van der Waals surface area contributed by atoms with Gasteiger partial charge in [0.25, 0.3) is 0 Å². The van der Waals surface area contributed by atoms with Crippen LogP contribution in [-0.4, -0.2) is 16.9 Å². The molecule has 4 nitrogen and oxygen atoms in total. The summed E-state index contributed by atoms with van der Waals surface area (Å²) in [5.74, 6) is 0.833. The van der Waals surface area contributed by atoms with Crippen molar-refractivity contribution in [3.05, 3.63) is 36.2 Å². The Kier molecular flexibility index (Phi) is 3.99. The minimum atomic E-state index is 0.492. The molecule has 0 saturated carbocycles. The van der Waals surface area contributed by atoms with Crippen LogP contribution in [0.3, 0.4) is 0 Å². The molecule has 0 aliphatic carbocycles. The molecule has 2 aromatic rings. The molecule has 96 valence electrons. The van der Waals surface area contributed by atoms with Gasteiger partial charge in [0, 0.05) is 24.8 Å². The van der Waals surface area contributed by atoms with Crippen LogP contribution >= 0.6 is 0 Å². The Morgan fingerprint density at radius 2 is 2.22 bits per heavy atom. The van der Waals surface area contributed by atoms with Gasteiger partial charge in [-0.2, -0.15) is 5.10 Å². The summed E-state index contributed by atoms with van der Waals surface area (Å²) in [6.07, 6.45) is 5.02. The van der Waals surface area contributed by atoms with E-state index in [1.165, 1.54) is 0 Å². The van der Waals surface area contributed by atoms with Crippen molar-refractivity contribution in [2.24, 2.45) is 5.73 Å². The van der Waals surface area contributed by atoms with Gasteiger partial charge in [0.15, 0.2) is 0 Å². The summed E-state index contributed by atoms with van der Waals surface area (Å²) in [5, 5.41) is 4.34. The van der Waals surface area contributed by atoms with Crippen molar-refractivity contribution in [1.29, 1.82) is 0 Å². The number of aryl methyl sites for hydroxylation is 1. The van der Waals surface area contributed by atoms with Crippen molar-refractivity contribution < 1.29 is 4.74 Å². The fourth-order valence-corrected chi connectivity index (χ4v) is 2.00. The number of nitrogens with zero attached hydrogens (tertiary/aromatic N) is 2. The highest BCUT2D eigenvalue weighted by atomic mass is 16.5.